The van der Waals surface area contributed by atoms with Gasteiger partial charge in [-0.15, -0.1) is 0 Å². The molecule has 5 rings (SSSR count). The van der Waals surface area contributed by atoms with Crippen LogP contribution in [0.15, 0.2) is 83.5 Å². The van der Waals surface area contributed by atoms with E-state index in [-0.39, 0.29) is 11.8 Å². The standard InChI is InChI=1S/C28H26ClN3O2/c29-24-10-8-21(9-11-24)16-26-18-31-27(34-26)23-7-4-14-32(19-23)28(33)22-12-13-30-25(17-22)15-20-5-2-1-3-6-20/h1-3,5-6,8-13,17-18,23H,4,7,14-16,19H2/t23-/m0/s1. The van der Waals surface area contributed by atoms with Gasteiger partial charge in [0.05, 0.1) is 12.1 Å². The van der Waals surface area contributed by atoms with Crippen LogP contribution >= 0.6 is 11.6 Å². The third kappa shape index (κ3) is 5.37. The molecule has 34 heavy (non-hydrogen) atoms. The minimum atomic E-state index is 0.0364. The Morgan fingerprint density at radius 1 is 1.00 bits per heavy atom. The van der Waals surface area contributed by atoms with Crippen LogP contribution in [-0.4, -0.2) is 33.9 Å². The number of likely N-dealkylation sites (tertiary alicyclic amines) is 1. The van der Waals surface area contributed by atoms with E-state index in [1.807, 2.05) is 53.4 Å². The SMILES string of the molecule is O=C(c1ccnc(Cc2ccccc2)c1)N1CCC[C@H](c2ncc(Cc3ccc(Cl)cc3)o2)C1. The molecule has 4 aromatic rings. The summed E-state index contributed by atoms with van der Waals surface area (Å²) in [5.41, 5.74) is 3.87. The normalized spacial score (nSPS) is 15.9. The zero-order chi connectivity index (χ0) is 23.3. The van der Waals surface area contributed by atoms with Crippen molar-refractivity contribution in [2.45, 2.75) is 31.6 Å². The summed E-state index contributed by atoms with van der Waals surface area (Å²) in [5, 5.41) is 0.718. The number of pyridine rings is 1. The molecule has 2 aromatic carbocycles. The minimum Gasteiger partial charge on any atom is -0.445 e. The molecule has 0 N–H and O–H groups in total. The fourth-order valence-electron chi connectivity index (χ4n) is 4.46. The van der Waals surface area contributed by atoms with E-state index in [1.165, 1.54) is 5.56 Å². The lowest BCUT2D eigenvalue weighted by Gasteiger charge is -2.31. The number of carbonyl (C=O) groups excluding carboxylic acids is 1. The highest BCUT2D eigenvalue weighted by molar-refractivity contribution is 6.30. The van der Waals surface area contributed by atoms with Gasteiger partial charge in [-0.3, -0.25) is 9.78 Å². The molecule has 6 heteroatoms. The topological polar surface area (TPSA) is 59.2 Å². The lowest BCUT2D eigenvalue weighted by Crippen LogP contribution is -2.39. The fraction of sp³-hybridized carbons (Fsp3) is 0.250. The maximum Gasteiger partial charge on any atom is 0.253 e. The molecular formula is C28H26ClN3O2. The van der Waals surface area contributed by atoms with Crippen LogP contribution in [0, 0.1) is 0 Å². The first kappa shape index (κ1) is 22.4. The molecule has 1 atom stereocenters. The Morgan fingerprint density at radius 2 is 1.79 bits per heavy atom. The third-order valence-electron chi connectivity index (χ3n) is 6.21. The van der Waals surface area contributed by atoms with Gasteiger partial charge in [-0.05, 0) is 48.2 Å². The summed E-state index contributed by atoms with van der Waals surface area (Å²) < 4.78 is 6.08. The van der Waals surface area contributed by atoms with Crippen LogP contribution in [0.5, 0.6) is 0 Å². The molecule has 0 unspecified atom stereocenters. The molecule has 1 aliphatic heterocycles. The van der Waals surface area contributed by atoms with Crippen LogP contribution in [-0.2, 0) is 12.8 Å². The number of rotatable bonds is 6. The lowest BCUT2D eigenvalue weighted by molar-refractivity contribution is 0.0697. The Morgan fingerprint density at radius 3 is 2.62 bits per heavy atom. The van der Waals surface area contributed by atoms with E-state index in [0.717, 1.165) is 41.4 Å². The number of amides is 1. The number of benzene rings is 2. The molecule has 172 valence electrons. The molecule has 0 saturated carbocycles. The Bertz CT molecular complexity index is 1250. The average molecular weight is 472 g/mol. The van der Waals surface area contributed by atoms with Gasteiger partial charge >= 0.3 is 0 Å². The highest BCUT2D eigenvalue weighted by atomic mass is 35.5. The predicted molar refractivity (Wildman–Crippen MR) is 132 cm³/mol. The van der Waals surface area contributed by atoms with Gasteiger partial charge in [0.1, 0.15) is 5.76 Å². The molecule has 0 spiro atoms. The van der Waals surface area contributed by atoms with Gasteiger partial charge in [0.15, 0.2) is 5.89 Å². The van der Waals surface area contributed by atoms with Crippen molar-refractivity contribution < 1.29 is 9.21 Å². The second-order valence-corrected chi connectivity index (χ2v) is 9.19. The average Bonchev–Trinajstić information content (AvgIpc) is 3.34. The smallest absolute Gasteiger partial charge is 0.253 e. The lowest BCUT2D eigenvalue weighted by atomic mass is 9.97. The summed E-state index contributed by atoms with van der Waals surface area (Å²) in [4.78, 5) is 24.2. The quantitative estimate of drug-likeness (QED) is 0.350. The monoisotopic (exact) mass is 471 g/mol. The van der Waals surface area contributed by atoms with Crippen LogP contribution in [0.25, 0.3) is 0 Å². The first-order valence-electron chi connectivity index (χ1n) is 11.6. The van der Waals surface area contributed by atoms with E-state index in [9.17, 15) is 4.79 Å². The summed E-state index contributed by atoms with van der Waals surface area (Å²) >= 11 is 5.98. The van der Waals surface area contributed by atoms with Crippen molar-refractivity contribution in [3.05, 3.63) is 118 Å². The van der Waals surface area contributed by atoms with Crippen molar-refractivity contribution in [1.82, 2.24) is 14.9 Å². The van der Waals surface area contributed by atoms with Gasteiger partial charge in [0.25, 0.3) is 5.91 Å². The highest BCUT2D eigenvalue weighted by Gasteiger charge is 2.28. The van der Waals surface area contributed by atoms with Crippen molar-refractivity contribution >= 4 is 17.5 Å². The van der Waals surface area contributed by atoms with E-state index in [2.05, 4.69) is 22.1 Å². The van der Waals surface area contributed by atoms with E-state index in [0.29, 0.717) is 30.8 Å². The van der Waals surface area contributed by atoms with E-state index in [4.69, 9.17) is 16.0 Å². The molecule has 1 fully saturated rings. The van der Waals surface area contributed by atoms with Gasteiger partial charge in [0, 0.05) is 48.4 Å². The van der Waals surface area contributed by atoms with E-state index in [1.54, 1.807) is 18.5 Å². The maximum absolute atomic E-state index is 13.3. The van der Waals surface area contributed by atoms with Crippen molar-refractivity contribution in [2.24, 2.45) is 0 Å². The van der Waals surface area contributed by atoms with E-state index < -0.39 is 0 Å². The Balaban J connectivity index is 1.25. The molecule has 3 heterocycles. The molecule has 1 saturated heterocycles. The van der Waals surface area contributed by atoms with Crippen LogP contribution in [0.1, 0.15) is 57.6 Å². The fourth-order valence-corrected chi connectivity index (χ4v) is 4.58. The van der Waals surface area contributed by atoms with Crippen molar-refractivity contribution in [2.75, 3.05) is 13.1 Å². The van der Waals surface area contributed by atoms with Crippen molar-refractivity contribution in [3.8, 4) is 0 Å². The van der Waals surface area contributed by atoms with E-state index >= 15 is 0 Å². The van der Waals surface area contributed by atoms with Crippen LogP contribution in [0.2, 0.25) is 5.02 Å². The van der Waals surface area contributed by atoms with Gasteiger partial charge in [-0.2, -0.15) is 0 Å². The summed E-state index contributed by atoms with van der Waals surface area (Å²) in [5.74, 6) is 1.66. The highest BCUT2D eigenvalue weighted by Crippen LogP contribution is 2.28. The number of piperidine rings is 1. The van der Waals surface area contributed by atoms with Crippen LogP contribution in [0.3, 0.4) is 0 Å². The zero-order valence-corrected chi connectivity index (χ0v) is 19.6. The zero-order valence-electron chi connectivity index (χ0n) is 18.9. The molecule has 0 radical (unpaired) electrons. The number of oxazole rings is 1. The first-order valence-corrected chi connectivity index (χ1v) is 12.0. The summed E-state index contributed by atoms with van der Waals surface area (Å²) in [6.07, 6.45) is 6.78. The predicted octanol–water partition coefficient (Wildman–Crippen LogP) is 5.92. The molecule has 0 aliphatic carbocycles. The molecule has 5 nitrogen and oxygen atoms in total. The number of carbonyl (C=O) groups is 1. The van der Waals surface area contributed by atoms with Crippen LogP contribution in [0.4, 0.5) is 0 Å². The number of hydrogen-bond acceptors (Lipinski definition) is 4. The molecule has 2 aromatic heterocycles. The number of halogens is 1. The van der Waals surface area contributed by atoms with Crippen molar-refractivity contribution in [1.29, 1.82) is 0 Å². The Labute approximate surface area is 204 Å². The second kappa shape index (κ2) is 10.2. The number of nitrogens with zero attached hydrogens (tertiary/aromatic N) is 3. The molecule has 1 amide bonds. The number of hydrogen-bond donors (Lipinski definition) is 0. The summed E-state index contributed by atoms with van der Waals surface area (Å²) in [6, 6.07) is 21.6. The molecule has 0 bridgehead atoms. The summed E-state index contributed by atoms with van der Waals surface area (Å²) in [6.45, 7) is 1.35. The second-order valence-electron chi connectivity index (χ2n) is 8.76. The van der Waals surface area contributed by atoms with Gasteiger partial charge in [0.2, 0.25) is 0 Å². The van der Waals surface area contributed by atoms with Gasteiger partial charge in [-0.25, -0.2) is 4.98 Å². The van der Waals surface area contributed by atoms with Crippen molar-refractivity contribution in [3.63, 3.8) is 0 Å². The van der Waals surface area contributed by atoms with Gasteiger partial charge in [-0.1, -0.05) is 54.1 Å². The Hall–Kier alpha value is -3.44. The molecule has 1 aliphatic rings. The largest absolute Gasteiger partial charge is 0.445 e. The number of aromatic nitrogens is 2. The first-order chi connectivity index (χ1) is 16.6. The molecular weight excluding hydrogens is 446 g/mol. The minimum absolute atomic E-state index is 0.0364. The third-order valence-corrected chi connectivity index (χ3v) is 6.46. The summed E-state index contributed by atoms with van der Waals surface area (Å²) in [7, 11) is 0. The van der Waals surface area contributed by atoms with Crippen LogP contribution < -0.4 is 0 Å². The Kier molecular flexibility index (Phi) is 6.72. The van der Waals surface area contributed by atoms with Gasteiger partial charge < -0.3 is 9.32 Å². The maximum atomic E-state index is 13.3.